The van der Waals surface area contributed by atoms with Gasteiger partial charge in [0.1, 0.15) is 5.54 Å². The van der Waals surface area contributed by atoms with Gasteiger partial charge in [-0.15, -0.1) is 0 Å². The quantitative estimate of drug-likeness (QED) is 0.639. The first-order valence-electron chi connectivity index (χ1n) is 10.8. The van der Waals surface area contributed by atoms with Gasteiger partial charge in [0.2, 0.25) is 17.7 Å². The number of nitrogens with one attached hydrogen (secondary N) is 1. The van der Waals surface area contributed by atoms with Gasteiger partial charge < -0.3 is 5.32 Å². The molecule has 3 saturated heterocycles. The third-order valence-electron chi connectivity index (χ3n) is 7.80. The molecule has 0 aromatic heterocycles. The lowest BCUT2D eigenvalue weighted by molar-refractivity contribution is -0.135. The summed E-state index contributed by atoms with van der Waals surface area (Å²) < 4.78 is 0. The van der Waals surface area contributed by atoms with Crippen molar-refractivity contribution in [3.8, 4) is 0 Å². The van der Waals surface area contributed by atoms with Crippen LogP contribution in [0.4, 0.5) is 11.4 Å². The fourth-order valence-electron chi connectivity index (χ4n) is 6.44. The molecule has 3 fully saturated rings. The number of hydrogen-bond acceptors (Lipinski definition) is 4. The third-order valence-corrected chi connectivity index (χ3v) is 8.24. The van der Waals surface area contributed by atoms with E-state index in [1.165, 1.54) is 4.90 Å². The van der Waals surface area contributed by atoms with Crippen molar-refractivity contribution in [3.05, 3.63) is 57.1 Å². The normalized spacial score (nSPS) is 30.8. The summed E-state index contributed by atoms with van der Waals surface area (Å²) in [6, 6.07) is 8.48. The first kappa shape index (κ1) is 20.2. The fourth-order valence-corrected chi connectivity index (χ4v) is 6.96. The number of benzene rings is 2. The Morgan fingerprint density at radius 1 is 1.03 bits per heavy atom. The van der Waals surface area contributed by atoms with Gasteiger partial charge in [-0.25, -0.2) is 4.90 Å². The Morgan fingerprint density at radius 2 is 1.75 bits per heavy atom. The van der Waals surface area contributed by atoms with Crippen LogP contribution in [0.5, 0.6) is 0 Å². The molecule has 4 atom stereocenters. The minimum atomic E-state index is -1.18. The summed E-state index contributed by atoms with van der Waals surface area (Å²) in [5.74, 6) is -2.23. The molecule has 4 aliphatic rings. The van der Waals surface area contributed by atoms with Gasteiger partial charge in [0.25, 0.3) is 0 Å². The predicted molar refractivity (Wildman–Crippen MR) is 122 cm³/mol. The van der Waals surface area contributed by atoms with Crippen molar-refractivity contribution < 1.29 is 14.4 Å². The molecule has 4 heterocycles. The molecule has 0 saturated carbocycles. The van der Waals surface area contributed by atoms with Crippen molar-refractivity contribution in [2.75, 3.05) is 16.8 Å². The van der Waals surface area contributed by atoms with E-state index in [-0.39, 0.29) is 23.8 Å². The molecule has 1 spiro atoms. The van der Waals surface area contributed by atoms with Gasteiger partial charge in [0, 0.05) is 27.3 Å². The molecule has 0 aliphatic carbocycles. The molecule has 0 unspecified atom stereocenters. The molecule has 8 heteroatoms. The van der Waals surface area contributed by atoms with Crippen LogP contribution in [0.15, 0.2) is 30.3 Å². The summed E-state index contributed by atoms with van der Waals surface area (Å²) in [6.45, 7) is 4.65. The second-order valence-corrected chi connectivity index (χ2v) is 10.1. The third kappa shape index (κ3) is 2.28. The van der Waals surface area contributed by atoms with E-state index in [1.54, 1.807) is 18.2 Å². The number of nitrogens with zero attached hydrogens (tertiary/aromatic N) is 2. The van der Waals surface area contributed by atoms with E-state index >= 15 is 0 Å². The standard InChI is InChI=1S/C24H21Cl2N3O3/c1-11-5-6-16-20(12(11)2)27-23(32)24(16)19-18(17-4-3-7-28(17)24)21(30)29(22(19)31)15-9-13(25)8-14(26)10-15/h5-6,8-10,17-19H,3-4,7H2,1-2H3,(H,27,32)/t17-,18-,19+,24+/m1/s1. The van der Waals surface area contributed by atoms with Crippen LogP contribution in [0.25, 0.3) is 0 Å². The van der Waals surface area contributed by atoms with Crippen molar-refractivity contribution in [1.82, 2.24) is 4.90 Å². The summed E-state index contributed by atoms with van der Waals surface area (Å²) in [5.41, 5.74) is 2.80. The monoisotopic (exact) mass is 469 g/mol. The second-order valence-electron chi connectivity index (χ2n) is 9.20. The van der Waals surface area contributed by atoms with Crippen molar-refractivity contribution in [2.45, 2.75) is 38.3 Å². The Hall–Kier alpha value is -2.41. The lowest BCUT2D eigenvalue weighted by Crippen LogP contribution is -2.54. The zero-order valence-corrected chi connectivity index (χ0v) is 19.1. The Morgan fingerprint density at radius 3 is 2.47 bits per heavy atom. The highest BCUT2D eigenvalue weighted by molar-refractivity contribution is 6.36. The van der Waals surface area contributed by atoms with Gasteiger partial charge in [-0.05, 0) is 62.6 Å². The molecular weight excluding hydrogens is 449 g/mol. The van der Waals surface area contributed by atoms with Gasteiger partial charge in [-0.2, -0.15) is 0 Å². The number of rotatable bonds is 1. The molecule has 2 aromatic rings. The van der Waals surface area contributed by atoms with E-state index in [9.17, 15) is 14.4 Å². The van der Waals surface area contributed by atoms with Crippen LogP contribution >= 0.6 is 23.2 Å². The number of amides is 3. The number of halogens is 2. The highest BCUT2D eigenvalue weighted by Crippen LogP contribution is 2.61. The van der Waals surface area contributed by atoms with Crippen LogP contribution < -0.4 is 10.2 Å². The fraction of sp³-hybridized carbons (Fsp3) is 0.375. The minimum absolute atomic E-state index is 0.158. The number of carbonyl (C=O) groups is 3. The maximum absolute atomic E-state index is 13.9. The van der Waals surface area contributed by atoms with Crippen LogP contribution in [-0.4, -0.2) is 35.2 Å². The van der Waals surface area contributed by atoms with Crippen LogP contribution in [0, 0.1) is 25.7 Å². The number of anilines is 2. The maximum atomic E-state index is 13.9. The molecule has 2 aromatic carbocycles. The van der Waals surface area contributed by atoms with Gasteiger partial charge in [0.05, 0.1) is 17.5 Å². The lowest BCUT2D eigenvalue weighted by Gasteiger charge is -2.36. The maximum Gasteiger partial charge on any atom is 0.250 e. The Balaban J connectivity index is 1.57. The van der Waals surface area contributed by atoms with Crippen LogP contribution in [0.3, 0.4) is 0 Å². The molecule has 164 valence electrons. The number of fused-ring (bicyclic) bond motifs is 7. The van der Waals surface area contributed by atoms with Gasteiger partial charge >= 0.3 is 0 Å². The Labute approximate surface area is 195 Å². The molecular formula is C24H21Cl2N3O3. The zero-order chi connectivity index (χ0) is 22.5. The molecule has 4 aliphatic heterocycles. The van der Waals surface area contributed by atoms with E-state index in [1.807, 2.05) is 26.0 Å². The molecule has 6 rings (SSSR count). The first-order valence-corrected chi connectivity index (χ1v) is 11.5. The van der Waals surface area contributed by atoms with Crippen molar-refractivity contribution in [3.63, 3.8) is 0 Å². The van der Waals surface area contributed by atoms with Crippen LogP contribution in [0.2, 0.25) is 10.0 Å². The van der Waals surface area contributed by atoms with E-state index in [4.69, 9.17) is 23.2 Å². The Kier molecular flexibility index (Phi) is 4.15. The summed E-state index contributed by atoms with van der Waals surface area (Å²) in [4.78, 5) is 44.7. The van der Waals surface area contributed by atoms with E-state index in [0.717, 1.165) is 35.2 Å². The Bertz CT molecular complexity index is 1220. The molecule has 32 heavy (non-hydrogen) atoms. The zero-order valence-electron chi connectivity index (χ0n) is 17.6. The summed E-state index contributed by atoms with van der Waals surface area (Å²) in [7, 11) is 0. The van der Waals surface area contributed by atoms with Crippen LogP contribution in [-0.2, 0) is 19.9 Å². The van der Waals surface area contributed by atoms with Crippen molar-refractivity contribution in [2.24, 2.45) is 11.8 Å². The van der Waals surface area contributed by atoms with E-state index < -0.39 is 17.4 Å². The average molecular weight is 470 g/mol. The molecule has 0 bridgehead atoms. The van der Waals surface area contributed by atoms with Crippen molar-refractivity contribution >= 4 is 52.3 Å². The minimum Gasteiger partial charge on any atom is -0.324 e. The number of hydrogen-bond donors (Lipinski definition) is 1. The van der Waals surface area contributed by atoms with Gasteiger partial charge in [-0.1, -0.05) is 35.3 Å². The first-order chi connectivity index (χ1) is 15.3. The second kappa shape index (κ2) is 6.56. The number of imide groups is 1. The smallest absolute Gasteiger partial charge is 0.250 e. The summed E-state index contributed by atoms with van der Waals surface area (Å²) in [6.07, 6.45) is 1.66. The number of carbonyl (C=O) groups excluding carboxylic acids is 3. The molecule has 0 radical (unpaired) electrons. The summed E-state index contributed by atoms with van der Waals surface area (Å²) >= 11 is 12.3. The average Bonchev–Trinajstić information content (AvgIpc) is 3.43. The van der Waals surface area contributed by atoms with E-state index in [0.29, 0.717) is 22.3 Å². The number of aryl methyl sites for hydroxylation is 1. The molecule has 1 N–H and O–H groups in total. The predicted octanol–water partition coefficient (Wildman–Crippen LogP) is 4.04. The largest absolute Gasteiger partial charge is 0.324 e. The highest BCUT2D eigenvalue weighted by atomic mass is 35.5. The molecule has 3 amide bonds. The summed E-state index contributed by atoms with van der Waals surface area (Å²) in [5, 5.41) is 3.76. The van der Waals surface area contributed by atoms with Gasteiger partial charge in [-0.3, -0.25) is 19.3 Å². The highest BCUT2D eigenvalue weighted by Gasteiger charge is 2.74. The SMILES string of the molecule is Cc1ccc2c(c1C)NC(=O)[C@@]21[C@@H]2C(=O)N(c3cc(Cl)cc(Cl)c3)C(=O)[C@@H]2[C@H]2CCCN21. The topological polar surface area (TPSA) is 69.7 Å². The van der Waals surface area contributed by atoms with Crippen LogP contribution in [0.1, 0.15) is 29.5 Å². The van der Waals surface area contributed by atoms with Crippen molar-refractivity contribution in [1.29, 1.82) is 0 Å². The van der Waals surface area contributed by atoms with E-state index in [2.05, 4.69) is 10.2 Å². The molecule has 6 nitrogen and oxygen atoms in total. The lowest BCUT2D eigenvalue weighted by atomic mass is 9.75. The van der Waals surface area contributed by atoms with Gasteiger partial charge in [0.15, 0.2) is 0 Å².